The fourth-order valence-electron chi connectivity index (χ4n) is 2.61. The highest BCUT2D eigenvalue weighted by atomic mass is 19.1. The zero-order chi connectivity index (χ0) is 13.2. The third kappa shape index (κ3) is 2.71. The molecule has 0 aliphatic carbocycles. The highest BCUT2D eigenvalue weighted by molar-refractivity contribution is 5.84. The van der Waals surface area contributed by atoms with Gasteiger partial charge in [-0.3, -0.25) is 4.79 Å². The van der Waals surface area contributed by atoms with Crippen molar-refractivity contribution in [3.63, 3.8) is 0 Å². The molecule has 1 aliphatic rings. The molecule has 2 nitrogen and oxygen atoms in total. The number of carbonyl (C=O) groups is 1. The highest BCUT2D eigenvalue weighted by Gasteiger charge is 2.25. The number of benzene rings is 1. The summed E-state index contributed by atoms with van der Waals surface area (Å²) < 4.78 is 13.9. The van der Waals surface area contributed by atoms with Crippen LogP contribution in [0.4, 0.5) is 10.1 Å². The summed E-state index contributed by atoms with van der Waals surface area (Å²) in [6.45, 7) is 6.14. The Balaban J connectivity index is 2.29. The van der Waals surface area contributed by atoms with Crippen LogP contribution in [0.5, 0.6) is 0 Å². The van der Waals surface area contributed by atoms with E-state index in [0.29, 0.717) is 16.7 Å². The van der Waals surface area contributed by atoms with Gasteiger partial charge in [0.2, 0.25) is 0 Å². The predicted octanol–water partition coefficient (Wildman–Crippen LogP) is 3.65. The van der Waals surface area contributed by atoms with Crippen molar-refractivity contribution in [1.29, 1.82) is 0 Å². The minimum atomic E-state index is -0.292. The van der Waals surface area contributed by atoms with Crippen molar-refractivity contribution in [2.75, 3.05) is 18.0 Å². The molecule has 1 aliphatic heterocycles. The van der Waals surface area contributed by atoms with Gasteiger partial charge in [0.15, 0.2) is 6.29 Å². The lowest BCUT2D eigenvalue weighted by atomic mass is 9.85. The van der Waals surface area contributed by atoms with Gasteiger partial charge in [0.25, 0.3) is 0 Å². The smallest absolute Gasteiger partial charge is 0.152 e. The lowest BCUT2D eigenvalue weighted by molar-refractivity contribution is 0.112. The molecule has 0 aromatic heterocycles. The molecule has 0 bridgehead atoms. The summed E-state index contributed by atoms with van der Waals surface area (Å²) in [6, 6.07) is 4.70. The van der Waals surface area contributed by atoms with Gasteiger partial charge in [-0.25, -0.2) is 4.39 Å². The van der Waals surface area contributed by atoms with E-state index in [1.165, 1.54) is 6.07 Å². The molecule has 0 radical (unpaired) electrons. The fourth-order valence-corrected chi connectivity index (χ4v) is 2.61. The van der Waals surface area contributed by atoms with E-state index in [1.54, 1.807) is 12.1 Å². The largest absolute Gasteiger partial charge is 0.369 e. The lowest BCUT2D eigenvalue weighted by Gasteiger charge is -2.26. The van der Waals surface area contributed by atoms with Crippen LogP contribution < -0.4 is 4.90 Å². The molecular weight excluding hydrogens is 229 g/mol. The van der Waals surface area contributed by atoms with Gasteiger partial charge in [0, 0.05) is 18.7 Å². The summed E-state index contributed by atoms with van der Waals surface area (Å²) in [6.07, 6.45) is 3.96. The Morgan fingerprint density at radius 2 is 2.06 bits per heavy atom. The Kier molecular flexibility index (Phi) is 3.69. The average molecular weight is 249 g/mol. The Bertz CT molecular complexity index is 442. The second-order valence-corrected chi connectivity index (χ2v) is 5.80. The number of rotatable bonds is 2. The van der Waals surface area contributed by atoms with E-state index in [2.05, 4.69) is 13.8 Å². The molecule has 98 valence electrons. The number of halogens is 1. The van der Waals surface area contributed by atoms with Crippen LogP contribution in [0.3, 0.4) is 0 Å². The first-order valence-electron chi connectivity index (χ1n) is 6.52. The quantitative estimate of drug-likeness (QED) is 0.746. The molecular formula is C15H20FNO. The van der Waals surface area contributed by atoms with Gasteiger partial charge in [0.1, 0.15) is 5.82 Å². The molecule has 0 amide bonds. The first-order valence-corrected chi connectivity index (χ1v) is 6.52. The highest BCUT2D eigenvalue weighted by Crippen LogP contribution is 2.33. The second kappa shape index (κ2) is 5.09. The predicted molar refractivity (Wildman–Crippen MR) is 71.6 cm³/mol. The van der Waals surface area contributed by atoms with Gasteiger partial charge < -0.3 is 4.90 Å². The fraction of sp³-hybridized carbons (Fsp3) is 0.533. The maximum Gasteiger partial charge on any atom is 0.152 e. The monoisotopic (exact) mass is 249 g/mol. The van der Waals surface area contributed by atoms with Gasteiger partial charge in [0.05, 0.1) is 5.69 Å². The van der Waals surface area contributed by atoms with Crippen LogP contribution in [0.25, 0.3) is 0 Å². The number of nitrogens with zero attached hydrogens (tertiary/aromatic N) is 1. The van der Waals surface area contributed by atoms with Crippen molar-refractivity contribution in [3.05, 3.63) is 29.6 Å². The number of para-hydroxylation sites is 1. The maximum absolute atomic E-state index is 13.9. The van der Waals surface area contributed by atoms with Crippen LogP contribution in [-0.2, 0) is 0 Å². The Morgan fingerprint density at radius 1 is 1.28 bits per heavy atom. The van der Waals surface area contributed by atoms with Gasteiger partial charge in [-0.1, -0.05) is 19.9 Å². The lowest BCUT2D eigenvalue weighted by Crippen LogP contribution is -2.27. The van der Waals surface area contributed by atoms with Gasteiger partial charge in [-0.05, 0) is 36.8 Å². The average Bonchev–Trinajstić information content (AvgIpc) is 2.50. The number of hydrogen-bond donors (Lipinski definition) is 0. The minimum absolute atomic E-state index is 0.292. The summed E-state index contributed by atoms with van der Waals surface area (Å²) in [7, 11) is 0. The summed E-state index contributed by atoms with van der Waals surface area (Å²) in [5, 5.41) is 0. The van der Waals surface area contributed by atoms with Crippen molar-refractivity contribution in [2.24, 2.45) is 5.41 Å². The van der Waals surface area contributed by atoms with Crippen LogP contribution in [0.1, 0.15) is 43.5 Å². The molecule has 1 heterocycles. The first kappa shape index (κ1) is 13.1. The van der Waals surface area contributed by atoms with Crippen molar-refractivity contribution in [3.8, 4) is 0 Å². The molecule has 1 aromatic carbocycles. The van der Waals surface area contributed by atoms with E-state index in [4.69, 9.17) is 0 Å². The van der Waals surface area contributed by atoms with Crippen LogP contribution in [0.2, 0.25) is 0 Å². The topological polar surface area (TPSA) is 20.3 Å². The van der Waals surface area contributed by atoms with Crippen LogP contribution in [0.15, 0.2) is 18.2 Å². The van der Waals surface area contributed by atoms with Crippen molar-refractivity contribution >= 4 is 12.0 Å². The zero-order valence-corrected chi connectivity index (χ0v) is 11.1. The normalized spacial score (nSPS) is 19.4. The number of anilines is 1. The maximum atomic E-state index is 13.9. The Morgan fingerprint density at radius 3 is 2.78 bits per heavy atom. The number of carbonyl (C=O) groups excluding carboxylic acids is 1. The van der Waals surface area contributed by atoms with E-state index in [9.17, 15) is 9.18 Å². The van der Waals surface area contributed by atoms with Crippen LogP contribution in [-0.4, -0.2) is 19.4 Å². The summed E-state index contributed by atoms with van der Waals surface area (Å²) in [4.78, 5) is 13.1. The van der Waals surface area contributed by atoms with Crippen LogP contribution >= 0.6 is 0 Å². The molecule has 0 unspecified atom stereocenters. The molecule has 3 heteroatoms. The van der Waals surface area contributed by atoms with Gasteiger partial charge >= 0.3 is 0 Å². The summed E-state index contributed by atoms with van der Waals surface area (Å²) >= 11 is 0. The summed E-state index contributed by atoms with van der Waals surface area (Å²) in [5.74, 6) is -0.292. The zero-order valence-electron chi connectivity index (χ0n) is 11.1. The Labute approximate surface area is 108 Å². The molecule has 1 aromatic rings. The standard InChI is InChI=1S/C15H20FNO/c1-15(2)7-4-9-17(10-8-15)14-12(11-18)5-3-6-13(14)16/h3,5-6,11H,4,7-10H2,1-2H3. The Hall–Kier alpha value is -1.38. The molecule has 0 spiro atoms. The number of aldehydes is 1. The summed E-state index contributed by atoms with van der Waals surface area (Å²) in [5.41, 5.74) is 1.24. The molecule has 0 atom stereocenters. The van der Waals surface area contributed by atoms with E-state index >= 15 is 0 Å². The molecule has 1 saturated heterocycles. The van der Waals surface area contributed by atoms with E-state index < -0.39 is 0 Å². The molecule has 1 fully saturated rings. The molecule has 18 heavy (non-hydrogen) atoms. The minimum Gasteiger partial charge on any atom is -0.369 e. The first-order chi connectivity index (χ1) is 8.53. The number of hydrogen-bond acceptors (Lipinski definition) is 2. The molecule has 2 rings (SSSR count). The van der Waals surface area contributed by atoms with E-state index in [0.717, 1.165) is 38.6 Å². The van der Waals surface area contributed by atoms with E-state index in [-0.39, 0.29) is 5.82 Å². The van der Waals surface area contributed by atoms with Crippen molar-refractivity contribution in [1.82, 2.24) is 0 Å². The van der Waals surface area contributed by atoms with Gasteiger partial charge in [-0.15, -0.1) is 0 Å². The SMILES string of the molecule is CC1(C)CCCN(c2c(F)cccc2C=O)CC1. The van der Waals surface area contributed by atoms with Gasteiger partial charge in [-0.2, -0.15) is 0 Å². The van der Waals surface area contributed by atoms with E-state index in [1.807, 2.05) is 4.90 Å². The van der Waals surface area contributed by atoms with Crippen molar-refractivity contribution in [2.45, 2.75) is 33.1 Å². The second-order valence-electron chi connectivity index (χ2n) is 5.80. The third-order valence-corrected chi connectivity index (χ3v) is 3.80. The molecule has 0 N–H and O–H groups in total. The molecule has 0 saturated carbocycles. The van der Waals surface area contributed by atoms with Crippen LogP contribution in [0, 0.1) is 11.2 Å². The third-order valence-electron chi connectivity index (χ3n) is 3.80. The van der Waals surface area contributed by atoms with Crippen molar-refractivity contribution < 1.29 is 9.18 Å².